The highest BCUT2D eigenvalue weighted by atomic mass is 16.2. The molecule has 0 fully saturated rings. The largest absolute Gasteiger partial charge is 0.352 e. The number of nitrogens with two attached hydrogens (primary N) is 1. The van der Waals surface area contributed by atoms with Crippen molar-refractivity contribution in [2.75, 3.05) is 13.1 Å². The number of hydrogen-bond acceptors (Lipinski definition) is 6. The summed E-state index contributed by atoms with van der Waals surface area (Å²) >= 11 is 0. The fraction of sp³-hybridized carbons (Fsp3) is 0.652. The van der Waals surface area contributed by atoms with E-state index >= 15 is 0 Å². The van der Waals surface area contributed by atoms with Crippen molar-refractivity contribution in [2.24, 2.45) is 11.7 Å². The maximum Gasteiger partial charge on any atom is 0.312 e. The van der Waals surface area contributed by atoms with Crippen LogP contribution in [0.2, 0.25) is 0 Å². The minimum absolute atomic E-state index is 0.133. The topological polar surface area (TPSA) is 168 Å². The number of hydrogen-bond donors (Lipinski definition) is 4. The Bertz CT molecular complexity index is 777. The zero-order valence-electron chi connectivity index (χ0n) is 20.2. The van der Waals surface area contributed by atoms with Gasteiger partial charge in [-0.05, 0) is 31.6 Å². The van der Waals surface area contributed by atoms with Crippen molar-refractivity contribution in [3.63, 3.8) is 0 Å². The number of carbonyl (C=O) groups excluding carboxylic acids is 6. The highest BCUT2D eigenvalue weighted by Gasteiger charge is 2.28. The Morgan fingerprint density at radius 3 is 2.18 bits per heavy atom. The quantitative estimate of drug-likeness (QED) is 0.186. The van der Waals surface area contributed by atoms with E-state index in [9.17, 15) is 28.8 Å². The van der Waals surface area contributed by atoms with Crippen molar-refractivity contribution in [2.45, 2.75) is 77.8 Å². The standard InChI is InChI=1S/C23H37N5O6/c1-4-17(29)16(9-8-13-25-23(24)34)26-22(33)21(15(2)3)27-18(30)10-6-5-7-14-28-19(31)11-12-20(28)32/h11-12,15-16,21H,4-10,13-14H2,1-3H3,(H,26,33)(H,27,30)(H3,24,25,34). The number of primary amides is 1. The van der Waals surface area contributed by atoms with Crippen LogP contribution < -0.4 is 21.7 Å². The van der Waals surface area contributed by atoms with Crippen molar-refractivity contribution in [1.29, 1.82) is 0 Å². The van der Waals surface area contributed by atoms with Crippen molar-refractivity contribution in [1.82, 2.24) is 20.9 Å². The summed E-state index contributed by atoms with van der Waals surface area (Å²) in [5.74, 6) is -1.69. The molecule has 0 aromatic rings. The number of imide groups is 1. The lowest BCUT2D eigenvalue weighted by atomic mass is 10.00. The van der Waals surface area contributed by atoms with Crippen molar-refractivity contribution in [3.8, 4) is 0 Å². The molecule has 1 aliphatic heterocycles. The molecule has 0 saturated carbocycles. The molecule has 34 heavy (non-hydrogen) atoms. The normalized spacial score (nSPS) is 14.8. The van der Waals surface area contributed by atoms with Crippen LogP contribution in [0.4, 0.5) is 4.79 Å². The van der Waals surface area contributed by atoms with Crippen LogP contribution in [-0.2, 0) is 24.0 Å². The third kappa shape index (κ3) is 10.1. The number of Topliss-reactive ketones (excluding diaryl/α,β-unsaturated/α-hetero) is 1. The van der Waals surface area contributed by atoms with Crippen LogP contribution in [0.15, 0.2) is 12.2 Å². The van der Waals surface area contributed by atoms with Crippen LogP contribution in [-0.4, -0.2) is 65.5 Å². The van der Waals surface area contributed by atoms with Gasteiger partial charge in [-0.15, -0.1) is 0 Å². The molecule has 190 valence electrons. The fourth-order valence-corrected chi connectivity index (χ4v) is 3.50. The van der Waals surface area contributed by atoms with E-state index in [1.807, 2.05) is 0 Å². The third-order valence-electron chi connectivity index (χ3n) is 5.47. The first kappa shape index (κ1) is 28.8. The van der Waals surface area contributed by atoms with Gasteiger partial charge in [0.1, 0.15) is 6.04 Å². The van der Waals surface area contributed by atoms with Crippen LogP contribution in [0.1, 0.15) is 65.7 Å². The Balaban J connectivity index is 2.48. The van der Waals surface area contributed by atoms with E-state index in [1.54, 1.807) is 20.8 Å². The van der Waals surface area contributed by atoms with Crippen LogP contribution in [0, 0.1) is 5.92 Å². The number of unbranched alkanes of at least 4 members (excludes halogenated alkanes) is 2. The first-order chi connectivity index (χ1) is 16.1. The van der Waals surface area contributed by atoms with E-state index in [4.69, 9.17) is 5.73 Å². The molecule has 0 aromatic carbocycles. The molecule has 11 heteroatoms. The smallest absolute Gasteiger partial charge is 0.312 e. The number of amides is 6. The molecule has 0 saturated heterocycles. The van der Waals surface area contributed by atoms with Gasteiger partial charge in [-0.1, -0.05) is 27.2 Å². The average molecular weight is 480 g/mol. The molecular formula is C23H37N5O6. The molecule has 0 bridgehead atoms. The van der Waals surface area contributed by atoms with Gasteiger partial charge < -0.3 is 21.7 Å². The maximum absolute atomic E-state index is 12.8. The van der Waals surface area contributed by atoms with Gasteiger partial charge in [0.05, 0.1) is 6.04 Å². The lowest BCUT2D eigenvalue weighted by Gasteiger charge is -2.25. The van der Waals surface area contributed by atoms with Crippen LogP contribution in [0.3, 0.4) is 0 Å². The second kappa shape index (κ2) is 14.8. The zero-order valence-corrected chi connectivity index (χ0v) is 20.2. The minimum Gasteiger partial charge on any atom is -0.352 e. The van der Waals surface area contributed by atoms with Gasteiger partial charge in [-0.25, -0.2) is 4.79 Å². The molecule has 1 aliphatic rings. The van der Waals surface area contributed by atoms with Crippen LogP contribution in [0.25, 0.3) is 0 Å². The lowest BCUT2D eigenvalue weighted by Crippen LogP contribution is -2.53. The molecule has 0 aliphatic carbocycles. The number of rotatable bonds is 16. The SMILES string of the molecule is CCC(=O)C(CCCNC(N)=O)NC(=O)C(NC(=O)CCCCCN1C(=O)C=CC1=O)C(C)C. The Morgan fingerprint density at radius 1 is 0.971 bits per heavy atom. The van der Waals surface area contributed by atoms with E-state index < -0.39 is 24.0 Å². The van der Waals surface area contributed by atoms with Gasteiger partial charge in [-0.2, -0.15) is 0 Å². The summed E-state index contributed by atoms with van der Waals surface area (Å²) in [6.45, 7) is 5.91. The Labute approximate surface area is 200 Å². The predicted molar refractivity (Wildman–Crippen MR) is 125 cm³/mol. The number of urea groups is 1. The van der Waals surface area contributed by atoms with Gasteiger partial charge in [0.25, 0.3) is 11.8 Å². The zero-order chi connectivity index (χ0) is 25.7. The number of carbonyl (C=O) groups is 6. The fourth-order valence-electron chi connectivity index (χ4n) is 3.50. The molecule has 5 N–H and O–H groups in total. The average Bonchev–Trinajstić information content (AvgIpc) is 3.10. The van der Waals surface area contributed by atoms with E-state index in [0.29, 0.717) is 45.2 Å². The molecular weight excluding hydrogens is 442 g/mol. The summed E-state index contributed by atoms with van der Waals surface area (Å²) in [4.78, 5) is 72.5. The third-order valence-corrected chi connectivity index (χ3v) is 5.47. The highest BCUT2D eigenvalue weighted by Crippen LogP contribution is 2.10. The van der Waals surface area contributed by atoms with Crippen LogP contribution in [0.5, 0.6) is 0 Å². The van der Waals surface area contributed by atoms with Gasteiger partial charge >= 0.3 is 6.03 Å². The summed E-state index contributed by atoms with van der Waals surface area (Å²) in [7, 11) is 0. The molecule has 6 amide bonds. The van der Waals surface area contributed by atoms with Gasteiger partial charge in [-0.3, -0.25) is 28.9 Å². The molecule has 2 unspecified atom stereocenters. The molecule has 0 radical (unpaired) electrons. The van der Waals surface area contributed by atoms with E-state index in [0.717, 1.165) is 4.90 Å². The minimum atomic E-state index is -0.797. The first-order valence-corrected chi connectivity index (χ1v) is 11.8. The van der Waals surface area contributed by atoms with Gasteiger partial charge in [0.15, 0.2) is 5.78 Å². The second-order valence-corrected chi connectivity index (χ2v) is 8.58. The summed E-state index contributed by atoms with van der Waals surface area (Å²) in [5, 5.41) is 7.92. The van der Waals surface area contributed by atoms with Crippen molar-refractivity contribution >= 4 is 35.4 Å². The summed E-state index contributed by atoms with van der Waals surface area (Å²) in [5.41, 5.74) is 5.03. The van der Waals surface area contributed by atoms with E-state index in [2.05, 4.69) is 16.0 Å². The van der Waals surface area contributed by atoms with E-state index in [1.165, 1.54) is 12.2 Å². The summed E-state index contributed by atoms with van der Waals surface area (Å²) in [6.07, 6.45) is 5.52. The summed E-state index contributed by atoms with van der Waals surface area (Å²) in [6, 6.07) is -2.16. The van der Waals surface area contributed by atoms with Crippen molar-refractivity contribution in [3.05, 3.63) is 12.2 Å². The molecule has 0 spiro atoms. The molecule has 2 atom stereocenters. The number of nitrogens with one attached hydrogen (secondary N) is 3. The Kier molecular flexibility index (Phi) is 12.5. The van der Waals surface area contributed by atoms with Crippen LogP contribution >= 0.6 is 0 Å². The lowest BCUT2D eigenvalue weighted by molar-refractivity contribution is -0.137. The maximum atomic E-state index is 12.8. The summed E-state index contributed by atoms with van der Waals surface area (Å²) < 4.78 is 0. The second-order valence-electron chi connectivity index (χ2n) is 8.58. The van der Waals surface area contributed by atoms with Gasteiger partial charge in [0.2, 0.25) is 11.8 Å². The predicted octanol–water partition coefficient (Wildman–Crippen LogP) is 0.525. The van der Waals surface area contributed by atoms with Gasteiger partial charge in [0, 0.05) is 38.1 Å². The Morgan fingerprint density at radius 2 is 1.62 bits per heavy atom. The molecule has 1 heterocycles. The monoisotopic (exact) mass is 479 g/mol. The van der Waals surface area contributed by atoms with E-state index in [-0.39, 0.29) is 42.3 Å². The number of ketones is 1. The highest BCUT2D eigenvalue weighted by molar-refractivity contribution is 6.12. The molecule has 11 nitrogen and oxygen atoms in total. The molecule has 0 aromatic heterocycles. The number of nitrogens with zero attached hydrogens (tertiary/aromatic N) is 1. The Hall–Kier alpha value is -3.24. The van der Waals surface area contributed by atoms with Crippen molar-refractivity contribution < 1.29 is 28.8 Å². The first-order valence-electron chi connectivity index (χ1n) is 11.8. The molecule has 1 rings (SSSR count).